The minimum atomic E-state index is -4.49. The van der Waals surface area contributed by atoms with Crippen LogP contribution in [0.15, 0.2) is 12.8 Å². The van der Waals surface area contributed by atoms with Crippen LogP contribution in [0.5, 0.6) is 0 Å². The molecule has 1 unspecified atom stereocenters. The van der Waals surface area contributed by atoms with Crippen molar-refractivity contribution in [1.29, 1.82) is 0 Å². The molecule has 1 rings (SSSR count). The van der Waals surface area contributed by atoms with E-state index in [9.17, 15) is 18.0 Å². The van der Waals surface area contributed by atoms with Gasteiger partial charge in [0.25, 0.3) is 16.0 Å². The topological polar surface area (TPSA) is 91.8 Å². The molecule has 1 fully saturated rings. The van der Waals surface area contributed by atoms with E-state index in [4.69, 9.17) is 4.55 Å². The molecule has 1 atom stereocenters. The third kappa shape index (κ3) is 3.94. The van der Waals surface area contributed by atoms with E-state index in [0.717, 1.165) is 6.20 Å². The van der Waals surface area contributed by atoms with Crippen LogP contribution in [0, 0.1) is 0 Å². The first kappa shape index (κ1) is 18.2. The SMILES string of the molecule is C=CN1C(=O)CC(S(=O)(=O)O)C1=O.[H-].[H-].[Na+].[Na+]. The maximum absolute atomic E-state index is 11.1. The minimum absolute atomic E-state index is 0. The number of hydrogen-bond donors (Lipinski definition) is 1. The van der Waals surface area contributed by atoms with Gasteiger partial charge in [-0.15, -0.1) is 0 Å². The van der Waals surface area contributed by atoms with Crippen molar-refractivity contribution in [2.75, 3.05) is 0 Å². The number of amides is 2. The van der Waals surface area contributed by atoms with Crippen molar-refractivity contribution >= 4 is 21.9 Å². The summed E-state index contributed by atoms with van der Waals surface area (Å²) in [7, 11) is -4.49. The first-order chi connectivity index (χ1) is 5.88. The van der Waals surface area contributed by atoms with Crippen molar-refractivity contribution in [2.45, 2.75) is 11.7 Å². The zero-order chi connectivity index (χ0) is 10.2. The molecule has 0 spiro atoms. The summed E-state index contributed by atoms with van der Waals surface area (Å²) in [5, 5.41) is -1.67. The molecular weight excluding hydrogens is 244 g/mol. The molecule has 1 aliphatic heterocycles. The third-order valence-electron chi connectivity index (χ3n) is 1.68. The summed E-state index contributed by atoms with van der Waals surface area (Å²) in [5.41, 5.74) is 0. The van der Waals surface area contributed by atoms with E-state index in [1.807, 2.05) is 0 Å². The Morgan fingerprint density at radius 1 is 1.47 bits per heavy atom. The van der Waals surface area contributed by atoms with E-state index >= 15 is 0 Å². The van der Waals surface area contributed by atoms with Gasteiger partial charge < -0.3 is 2.85 Å². The van der Waals surface area contributed by atoms with Gasteiger partial charge in [0.1, 0.15) is 0 Å². The Balaban J connectivity index is -0.000000211. The molecule has 9 heteroatoms. The maximum atomic E-state index is 11.1. The van der Waals surface area contributed by atoms with Crippen molar-refractivity contribution < 1.29 is 84.5 Å². The molecule has 6 nitrogen and oxygen atoms in total. The molecule has 0 aromatic rings. The quantitative estimate of drug-likeness (QED) is 0.300. The van der Waals surface area contributed by atoms with Crippen molar-refractivity contribution in [2.24, 2.45) is 0 Å². The Hall–Kier alpha value is 0.790. The van der Waals surface area contributed by atoms with Gasteiger partial charge in [-0.1, -0.05) is 6.58 Å². The van der Waals surface area contributed by atoms with Gasteiger partial charge in [0, 0.05) is 6.20 Å². The van der Waals surface area contributed by atoms with Gasteiger partial charge in [-0.05, 0) is 0 Å². The molecule has 0 aromatic heterocycles. The van der Waals surface area contributed by atoms with Crippen LogP contribution < -0.4 is 59.1 Å². The molecule has 76 valence electrons. The number of carbonyl (C=O) groups is 2. The van der Waals surface area contributed by atoms with Crippen LogP contribution in [0.2, 0.25) is 0 Å². The second-order valence-electron chi connectivity index (χ2n) is 2.49. The number of likely N-dealkylation sites (tertiary alicyclic amines) is 1. The van der Waals surface area contributed by atoms with Gasteiger partial charge in [-0.25, -0.2) is 0 Å². The predicted octanol–water partition coefficient (Wildman–Crippen LogP) is -6.62. The van der Waals surface area contributed by atoms with Crippen molar-refractivity contribution in [3.8, 4) is 0 Å². The third-order valence-corrected chi connectivity index (χ3v) is 2.77. The fraction of sp³-hybridized carbons (Fsp3) is 0.333. The van der Waals surface area contributed by atoms with E-state index in [-0.39, 0.29) is 62.0 Å². The summed E-state index contributed by atoms with van der Waals surface area (Å²) >= 11 is 0. The molecule has 15 heavy (non-hydrogen) atoms. The number of imide groups is 1. The molecule has 0 aromatic carbocycles. The molecule has 1 N–H and O–H groups in total. The van der Waals surface area contributed by atoms with E-state index in [0.29, 0.717) is 4.90 Å². The Kier molecular flexibility index (Phi) is 7.88. The molecule has 1 heterocycles. The Morgan fingerprint density at radius 2 is 1.93 bits per heavy atom. The normalized spacial score (nSPS) is 20.6. The van der Waals surface area contributed by atoms with Gasteiger partial charge >= 0.3 is 59.1 Å². The van der Waals surface area contributed by atoms with Gasteiger partial charge in [0.05, 0.1) is 6.42 Å². The molecule has 0 aliphatic carbocycles. The van der Waals surface area contributed by atoms with E-state index in [1.165, 1.54) is 0 Å². The second-order valence-corrected chi connectivity index (χ2v) is 4.09. The van der Waals surface area contributed by atoms with Crippen LogP contribution in [-0.4, -0.2) is 34.9 Å². The smallest absolute Gasteiger partial charge is 1.00 e. The molecule has 2 amide bonds. The fourth-order valence-corrected chi connectivity index (χ4v) is 1.77. The standard InChI is InChI=1S/C6H7NO5S.2Na.2H/c1-2-7-5(8)3-4(6(7)9)13(10,11)12;;;;/h2,4H,1,3H2,(H,10,11,12);;;;/q;2*+1;2*-1. The summed E-state index contributed by atoms with van der Waals surface area (Å²) in [5.74, 6) is -1.63. The Bertz CT molecular complexity index is 388. The summed E-state index contributed by atoms with van der Waals surface area (Å²) in [4.78, 5) is 22.6. The van der Waals surface area contributed by atoms with Crippen LogP contribution in [-0.2, 0) is 19.7 Å². The number of nitrogens with zero attached hydrogens (tertiary/aromatic N) is 1. The van der Waals surface area contributed by atoms with E-state index in [2.05, 4.69) is 6.58 Å². The predicted molar refractivity (Wildman–Crippen MR) is 44.2 cm³/mol. The van der Waals surface area contributed by atoms with Crippen LogP contribution in [0.1, 0.15) is 9.27 Å². The average molecular weight is 253 g/mol. The molecule has 0 radical (unpaired) electrons. The zero-order valence-corrected chi connectivity index (χ0v) is 13.3. The van der Waals surface area contributed by atoms with Crippen LogP contribution in [0.25, 0.3) is 0 Å². The summed E-state index contributed by atoms with van der Waals surface area (Å²) in [6.45, 7) is 3.17. The van der Waals surface area contributed by atoms with Crippen molar-refractivity contribution in [3.63, 3.8) is 0 Å². The number of rotatable bonds is 2. The Labute approximate surface area is 134 Å². The first-order valence-corrected chi connectivity index (χ1v) is 4.83. The van der Waals surface area contributed by atoms with Crippen LogP contribution in [0.4, 0.5) is 0 Å². The van der Waals surface area contributed by atoms with Crippen molar-refractivity contribution in [3.05, 3.63) is 12.8 Å². The summed E-state index contributed by atoms with van der Waals surface area (Å²) < 4.78 is 29.7. The van der Waals surface area contributed by atoms with E-state index < -0.39 is 33.6 Å². The summed E-state index contributed by atoms with van der Waals surface area (Å²) in [6, 6.07) is 0. The molecule has 1 saturated heterocycles. The molecular formula is C6H9NNa2O5S. The summed E-state index contributed by atoms with van der Waals surface area (Å²) in [6.07, 6.45) is 0.402. The zero-order valence-electron chi connectivity index (χ0n) is 10.5. The fourth-order valence-electron chi connectivity index (χ4n) is 1.05. The van der Waals surface area contributed by atoms with Gasteiger partial charge in [0.15, 0.2) is 5.25 Å². The largest absolute Gasteiger partial charge is 1.00 e. The van der Waals surface area contributed by atoms with Gasteiger partial charge in [-0.3, -0.25) is 19.0 Å². The number of carbonyl (C=O) groups excluding carboxylic acids is 2. The molecule has 0 saturated carbocycles. The van der Waals surface area contributed by atoms with Gasteiger partial charge in [0.2, 0.25) is 5.91 Å². The minimum Gasteiger partial charge on any atom is -1.00 e. The second kappa shape index (κ2) is 6.51. The van der Waals surface area contributed by atoms with E-state index in [1.54, 1.807) is 0 Å². The van der Waals surface area contributed by atoms with Crippen LogP contribution >= 0.6 is 0 Å². The van der Waals surface area contributed by atoms with Gasteiger partial charge in [-0.2, -0.15) is 8.42 Å². The molecule has 0 bridgehead atoms. The van der Waals surface area contributed by atoms with Crippen molar-refractivity contribution in [1.82, 2.24) is 4.90 Å². The average Bonchev–Trinajstić information content (AvgIpc) is 2.25. The Morgan fingerprint density at radius 3 is 2.13 bits per heavy atom. The van der Waals surface area contributed by atoms with Crippen LogP contribution in [0.3, 0.4) is 0 Å². The number of hydrogen-bond acceptors (Lipinski definition) is 4. The molecule has 1 aliphatic rings. The maximum Gasteiger partial charge on any atom is 1.00 e. The first-order valence-electron chi connectivity index (χ1n) is 3.32. The monoisotopic (exact) mass is 253 g/mol.